The zero-order valence-corrected chi connectivity index (χ0v) is 10.8. The lowest BCUT2D eigenvalue weighted by Gasteiger charge is -2.05. The van der Waals surface area contributed by atoms with Gasteiger partial charge < -0.3 is 4.74 Å². The topological polar surface area (TPSA) is 61.2 Å². The number of hydrogen-bond acceptors (Lipinski definition) is 4. The summed E-state index contributed by atoms with van der Waals surface area (Å²) in [5, 5.41) is 4.10. The number of ether oxygens (including phenoxy) is 1. The minimum atomic E-state index is -0.422. The van der Waals surface area contributed by atoms with Crippen LogP contribution in [0.5, 0.6) is 0 Å². The minimum Gasteiger partial charge on any atom is -0.462 e. The molecule has 5 heteroatoms. The SMILES string of the molecule is CCOC(=O)c1cnn(-c2ccccc2C(C)=O)c1. The third kappa shape index (κ3) is 2.70. The molecule has 0 saturated heterocycles. The van der Waals surface area contributed by atoms with Crippen molar-refractivity contribution in [2.45, 2.75) is 13.8 Å². The number of carbonyl (C=O) groups excluding carboxylic acids is 2. The number of aromatic nitrogens is 2. The van der Waals surface area contributed by atoms with Gasteiger partial charge >= 0.3 is 5.97 Å². The maximum atomic E-state index is 11.6. The highest BCUT2D eigenvalue weighted by atomic mass is 16.5. The van der Waals surface area contributed by atoms with Gasteiger partial charge in [-0.25, -0.2) is 9.48 Å². The van der Waals surface area contributed by atoms with Crippen molar-refractivity contribution in [1.82, 2.24) is 9.78 Å². The first-order valence-electron chi connectivity index (χ1n) is 5.95. The summed E-state index contributed by atoms with van der Waals surface area (Å²) in [5.74, 6) is -0.474. The van der Waals surface area contributed by atoms with Gasteiger partial charge in [-0.05, 0) is 26.0 Å². The molecule has 1 aromatic heterocycles. The van der Waals surface area contributed by atoms with E-state index >= 15 is 0 Å². The number of benzene rings is 1. The van der Waals surface area contributed by atoms with Crippen LogP contribution in [0.25, 0.3) is 5.69 Å². The van der Waals surface area contributed by atoms with Crippen LogP contribution in [0.15, 0.2) is 36.7 Å². The molecule has 0 aliphatic carbocycles. The summed E-state index contributed by atoms with van der Waals surface area (Å²) in [6, 6.07) is 7.10. The Kier molecular flexibility index (Phi) is 3.75. The Morgan fingerprint density at radius 1 is 1.32 bits per heavy atom. The van der Waals surface area contributed by atoms with E-state index in [0.29, 0.717) is 23.4 Å². The third-order valence-corrected chi connectivity index (χ3v) is 2.62. The van der Waals surface area contributed by atoms with Crippen LogP contribution in [0.4, 0.5) is 0 Å². The summed E-state index contributed by atoms with van der Waals surface area (Å²) in [6.07, 6.45) is 2.98. The summed E-state index contributed by atoms with van der Waals surface area (Å²) in [6.45, 7) is 3.55. The van der Waals surface area contributed by atoms with Crippen molar-refractivity contribution >= 4 is 11.8 Å². The molecular formula is C14H14N2O3. The van der Waals surface area contributed by atoms with Gasteiger partial charge in [0.1, 0.15) is 0 Å². The standard InChI is InChI=1S/C14H14N2O3/c1-3-19-14(18)11-8-15-16(9-11)13-7-5-4-6-12(13)10(2)17/h4-9H,3H2,1-2H3. The Hall–Kier alpha value is -2.43. The number of Topliss-reactive ketones (excluding diaryl/α,β-unsaturated/α-hetero) is 1. The third-order valence-electron chi connectivity index (χ3n) is 2.62. The Balaban J connectivity index is 2.38. The second-order valence-electron chi connectivity index (χ2n) is 3.97. The van der Waals surface area contributed by atoms with Gasteiger partial charge in [0.2, 0.25) is 0 Å². The van der Waals surface area contributed by atoms with Gasteiger partial charge in [-0.1, -0.05) is 12.1 Å². The molecule has 1 aromatic carbocycles. The van der Waals surface area contributed by atoms with E-state index < -0.39 is 5.97 Å². The second kappa shape index (κ2) is 5.48. The first kappa shape index (κ1) is 13.0. The van der Waals surface area contributed by atoms with E-state index in [-0.39, 0.29) is 5.78 Å². The molecule has 0 radical (unpaired) electrons. The number of carbonyl (C=O) groups is 2. The Morgan fingerprint density at radius 3 is 2.74 bits per heavy atom. The number of para-hydroxylation sites is 1. The Morgan fingerprint density at radius 2 is 2.05 bits per heavy atom. The van der Waals surface area contributed by atoms with Crippen molar-refractivity contribution in [3.63, 3.8) is 0 Å². The number of ketones is 1. The molecule has 19 heavy (non-hydrogen) atoms. The van der Waals surface area contributed by atoms with E-state index in [1.165, 1.54) is 17.8 Å². The van der Waals surface area contributed by atoms with E-state index in [2.05, 4.69) is 5.10 Å². The molecule has 2 rings (SSSR count). The molecule has 0 atom stereocenters. The molecule has 1 heterocycles. The normalized spacial score (nSPS) is 10.2. The molecule has 0 spiro atoms. The fraction of sp³-hybridized carbons (Fsp3) is 0.214. The molecular weight excluding hydrogens is 244 g/mol. The smallest absolute Gasteiger partial charge is 0.341 e. The number of rotatable bonds is 4. The van der Waals surface area contributed by atoms with E-state index in [4.69, 9.17) is 4.74 Å². The molecule has 0 aliphatic heterocycles. The van der Waals surface area contributed by atoms with Crippen molar-refractivity contribution in [2.75, 3.05) is 6.61 Å². The van der Waals surface area contributed by atoms with Crippen LogP contribution in [0, 0.1) is 0 Å². The van der Waals surface area contributed by atoms with E-state index in [1.807, 2.05) is 6.07 Å². The van der Waals surface area contributed by atoms with E-state index in [1.54, 1.807) is 31.3 Å². The maximum Gasteiger partial charge on any atom is 0.341 e. The molecule has 0 bridgehead atoms. The quantitative estimate of drug-likeness (QED) is 0.623. The summed E-state index contributed by atoms with van der Waals surface area (Å²) in [5.41, 5.74) is 1.56. The van der Waals surface area contributed by atoms with Crippen LogP contribution in [-0.4, -0.2) is 28.1 Å². The summed E-state index contributed by atoms with van der Waals surface area (Å²) < 4.78 is 6.40. The summed E-state index contributed by atoms with van der Waals surface area (Å²) >= 11 is 0. The molecule has 0 saturated carbocycles. The molecule has 2 aromatic rings. The van der Waals surface area contributed by atoms with Crippen molar-refractivity contribution in [1.29, 1.82) is 0 Å². The predicted octanol–water partition coefficient (Wildman–Crippen LogP) is 2.25. The number of esters is 1. The molecule has 0 unspecified atom stereocenters. The van der Waals surface area contributed by atoms with E-state index in [0.717, 1.165) is 0 Å². The minimum absolute atomic E-state index is 0.0521. The van der Waals surface area contributed by atoms with Crippen LogP contribution < -0.4 is 0 Å². The van der Waals surface area contributed by atoms with Crippen LogP contribution >= 0.6 is 0 Å². The zero-order chi connectivity index (χ0) is 13.8. The lowest BCUT2D eigenvalue weighted by Crippen LogP contribution is -2.05. The Labute approximate surface area is 110 Å². The molecule has 0 fully saturated rings. The fourth-order valence-electron chi connectivity index (χ4n) is 1.75. The van der Waals surface area contributed by atoms with Crippen LogP contribution in [-0.2, 0) is 4.74 Å². The van der Waals surface area contributed by atoms with Crippen LogP contribution in [0.1, 0.15) is 34.6 Å². The van der Waals surface area contributed by atoms with Gasteiger partial charge in [-0.2, -0.15) is 5.10 Å². The first-order valence-corrected chi connectivity index (χ1v) is 5.95. The number of hydrogen-bond donors (Lipinski definition) is 0. The highest BCUT2D eigenvalue weighted by molar-refractivity contribution is 5.97. The van der Waals surface area contributed by atoms with Gasteiger partial charge in [0.05, 0.1) is 24.1 Å². The summed E-state index contributed by atoms with van der Waals surface area (Å²) in [4.78, 5) is 23.1. The molecule has 5 nitrogen and oxygen atoms in total. The lowest BCUT2D eigenvalue weighted by molar-refractivity contribution is 0.0526. The second-order valence-corrected chi connectivity index (χ2v) is 3.97. The van der Waals surface area contributed by atoms with Crippen LogP contribution in [0.2, 0.25) is 0 Å². The lowest BCUT2D eigenvalue weighted by atomic mass is 10.1. The van der Waals surface area contributed by atoms with Crippen molar-refractivity contribution < 1.29 is 14.3 Å². The largest absolute Gasteiger partial charge is 0.462 e. The highest BCUT2D eigenvalue weighted by Gasteiger charge is 2.13. The van der Waals surface area contributed by atoms with Gasteiger partial charge in [0.25, 0.3) is 0 Å². The number of nitrogens with zero attached hydrogens (tertiary/aromatic N) is 2. The monoisotopic (exact) mass is 258 g/mol. The molecule has 0 aliphatic rings. The highest BCUT2D eigenvalue weighted by Crippen LogP contribution is 2.15. The maximum absolute atomic E-state index is 11.6. The molecule has 98 valence electrons. The molecule has 0 amide bonds. The van der Waals surface area contributed by atoms with Crippen molar-refractivity contribution in [3.8, 4) is 5.69 Å². The van der Waals surface area contributed by atoms with Crippen molar-refractivity contribution in [3.05, 3.63) is 47.8 Å². The zero-order valence-electron chi connectivity index (χ0n) is 10.8. The van der Waals surface area contributed by atoms with Gasteiger partial charge in [0, 0.05) is 11.8 Å². The van der Waals surface area contributed by atoms with E-state index in [9.17, 15) is 9.59 Å². The molecule has 0 N–H and O–H groups in total. The van der Waals surface area contributed by atoms with Gasteiger partial charge in [-0.15, -0.1) is 0 Å². The van der Waals surface area contributed by atoms with Crippen molar-refractivity contribution in [2.24, 2.45) is 0 Å². The van der Waals surface area contributed by atoms with Crippen LogP contribution in [0.3, 0.4) is 0 Å². The average Bonchev–Trinajstić information content (AvgIpc) is 2.88. The summed E-state index contributed by atoms with van der Waals surface area (Å²) in [7, 11) is 0. The van der Waals surface area contributed by atoms with Gasteiger partial charge in [-0.3, -0.25) is 4.79 Å². The first-order chi connectivity index (χ1) is 9.13. The van der Waals surface area contributed by atoms with Gasteiger partial charge in [0.15, 0.2) is 5.78 Å². The predicted molar refractivity (Wildman–Crippen MR) is 69.5 cm³/mol. The fourth-order valence-corrected chi connectivity index (χ4v) is 1.75. The average molecular weight is 258 g/mol. The Bertz CT molecular complexity index is 617.